The molecule has 5 heteroatoms. The van der Waals surface area contributed by atoms with Crippen LogP contribution in [0.4, 0.5) is 5.82 Å². The topological polar surface area (TPSA) is 52.8 Å². The lowest BCUT2D eigenvalue weighted by molar-refractivity contribution is 0.796. The van der Waals surface area contributed by atoms with Crippen LogP contribution in [0.25, 0.3) is 0 Å². The maximum atomic E-state index is 8.60. The summed E-state index contributed by atoms with van der Waals surface area (Å²) >= 11 is 6.01. The van der Waals surface area contributed by atoms with Gasteiger partial charge in [-0.15, -0.1) is 0 Å². The summed E-state index contributed by atoms with van der Waals surface area (Å²) in [6, 6.07) is 2.13. The Labute approximate surface area is 101 Å². The molecule has 16 heavy (non-hydrogen) atoms. The molecule has 0 saturated heterocycles. The third-order valence-corrected chi connectivity index (χ3v) is 2.72. The zero-order valence-electron chi connectivity index (χ0n) is 9.79. The molecule has 0 saturated carbocycles. The van der Waals surface area contributed by atoms with Gasteiger partial charge in [0, 0.05) is 18.7 Å². The van der Waals surface area contributed by atoms with Crippen molar-refractivity contribution in [2.75, 3.05) is 18.0 Å². The molecule has 0 aromatic carbocycles. The van der Waals surface area contributed by atoms with Gasteiger partial charge in [0.15, 0.2) is 0 Å². The average molecular weight is 239 g/mol. The lowest BCUT2D eigenvalue weighted by atomic mass is 10.3. The fraction of sp³-hybridized carbons (Fsp3) is 0.545. The third-order valence-electron chi connectivity index (χ3n) is 2.35. The zero-order chi connectivity index (χ0) is 12.1. The Balaban J connectivity index is 3.05. The van der Waals surface area contributed by atoms with Gasteiger partial charge in [-0.05, 0) is 20.8 Å². The van der Waals surface area contributed by atoms with Crippen LogP contribution in [0.3, 0.4) is 0 Å². The van der Waals surface area contributed by atoms with Crippen molar-refractivity contribution >= 4 is 17.4 Å². The fourth-order valence-corrected chi connectivity index (χ4v) is 1.69. The van der Waals surface area contributed by atoms with Crippen molar-refractivity contribution in [2.45, 2.75) is 27.2 Å². The maximum Gasteiger partial charge on any atom is 0.137 e. The predicted octanol–water partition coefficient (Wildman–Crippen LogP) is 2.49. The van der Waals surface area contributed by atoms with E-state index in [2.05, 4.69) is 16.0 Å². The molecule has 0 amide bonds. The molecular formula is C11H15ClN4. The van der Waals surface area contributed by atoms with E-state index >= 15 is 0 Å². The third kappa shape index (κ3) is 2.83. The van der Waals surface area contributed by atoms with Crippen molar-refractivity contribution in [3.63, 3.8) is 0 Å². The molecule has 0 fully saturated rings. The van der Waals surface area contributed by atoms with Crippen molar-refractivity contribution in [3.8, 4) is 6.07 Å². The molecule has 0 aliphatic carbocycles. The van der Waals surface area contributed by atoms with Crippen LogP contribution in [0.15, 0.2) is 0 Å². The van der Waals surface area contributed by atoms with Crippen LogP contribution in [0.5, 0.6) is 0 Å². The first-order chi connectivity index (χ1) is 7.60. The summed E-state index contributed by atoms with van der Waals surface area (Å²) in [5.41, 5.74) is 0.868. The first-order valence-corrected chi connectivity index (χ1v) is 5.60. The second-order valence-electron chi connectivity index (χ2n) is 3.50. The number of nitriles is 1. The lowest BCUT2D eigenvalue weighted by Crippen LogP contribution is -2.26. The van der Waals surface area contributed by atoms with Gasteiger partial charge in [0.05, 0.1) is 12.5 Å². The van der Waals surface area contributed by atoms with Crippen molar-refractivity contribution in [2.24, 2.45) is 0 Å². The molecule has 0 bridgehead atoms. The van der Waals surface area contributed by atoms with Crippen molar-refractivity contribution in [1.29, 1.82) is 5.26 Å². The molecule has 0 radical (unpaired) electrons. The standard InChI is InChI=1S/C11H15ClN4/c1-4-16(7-5-6-13)11-8(2)10(12)14-9(3)15-11/h4-5,7H2,1-3H3. The molecule has 0 aliphatic rings. The highest BCUT2D eigenvalue weighted by Gasteiger charge is 2.13. The van der Waals surface area contributed by atoms with Gasteiger partial charge in [-0.25, -0.2) is 9.97 Å². The Morgan fingerprint density at radius 3 is 2.62 bits per heavy atom. The highest BCUT2D eigenvalue weighted by atomic mass is 35.5. The summed E-state index contributed by atoms with van der Waals surface area (Å²) in [5.74, 6) is 1.48. The summed E-state index contributed by atoms with van der Waals surface area (Å²) < 4.78 is 0. The molecule has 0 N–H and O–H groups in total. The first-order valence-electron chi connectivity index (χ1n) is 5.22. The number of halogens is 1. The number of hydrogen-bond donors (Lipinski definition) is 0. The Hall–Kier alpha value is -1.34. The summed E-state index contributed by atoms with van der Waals surface area (Å²) in [6.45, 7) is 7.21. The van der Waals surface area contributed by atoms with Gasteiger partial charge in [0.2, 0.25) is 0 Å². The first kappa shape index (κ1) is 12.7. The van der Waals surface area contributed by atoms with E-state index in [0.29, 0.717) is 23.9 Å². The average Bonchev–Trinajstić information content (AvgIpc) is 2.25. The second-order valence-corrected chi connectivity index (χ2v) is 3.86. The number of rotatable bonds is 4. The number of aryl methyl sites for hydroxylation is 1. The van der Waals surface area contributed by atoms with Gasteiger partial charge in [-0.3, -0.25) is 0 Å². The Morgan fingerprint density at radius 2 is 2.06 bits per heavy atom. The summed E-state index contributed by atoms with van der Waals surface area (Å²) in [5, 5.41) is 9.08. The van der Waals surface area contributed by atoms with Crippen LogP contribution in [-0.2, 0) is 0 Å². The van der Waals surface area contributed by atoms with Gasteiger partial charge < -0.3 is 4.90 Å². The van der Waals surface area contributed by atoms with E-state index in [1.54, 1.807) is 0 Å². The minimum absolute atomic E-state index is 0.480. The van der Waals surface area contributed by atoms with Crippen LogP contribution < -0.4 is 4.90 Å². The smallest absolute Gasteiger partial charge is 0.137 e. The van der Waals surface area contributed by atoms with Crippen molar-refractivity contribution in [1.82, 2.24) is 9.97 Å². The van der Waals surface area contributed by atoms with Gasteiger partial charge in [-0.1, -0.05) is 11.6 Å². The highest BCUT2D eigenvalue weighted by Crippen LogP contribution is 2.23. The minimum Gasteiger partial charge on any atom is -0.355 e. The highest BCUT2D eigenvalue weighted by molar-refractivity contribution is 6.30. The summed E-state index contributed by atoms with van der Waals surface area (Å²) in [7, 11) is 0. The number of aromatic nitrogens is 2. The number of nitrogens with zero attached hydrogens (tertiary/aromatic N) is 4. The van der Waals surface area contributed by atoms with Crippen LogP contribution in [0.2, 0.25) is 5.15 Å². The zero-order valence-corrected chi connectivity index (χ0v) is 10.5. The van der Waals surface area contributed by atoms with E-state index in [9.17, 15) is 0 Å². The molecular weight excluding hydrogens is 224 g/mol. The minimum atomic E-state index is 0.480. The van der Waals surface area contributed by atoms with E-state index in [-0.39, 0.29) is 0 Å². The lowest BCUT2D eigenvalue weighted by Gasteiger charge is -2.22. The van der Waals surface area contributed by atoms with Crippen LogP contribution in [0.1, 0.15) is 24.7 Å². The van der Waals surface area contributed by atoms with Crippen LogP contribution in [0, 0.1) is 25.2 Å². The molecule has 4 nitrogen and oxygen atoms in total. The van der Waals surface area contributed by atoms with Crippen molar-refractivity contribution < 1.29 is 0 Å². The van der Waals surface area contributed by atoms with Gasteiger partial charge >= 0.3 is 0 Å². The monoisotopic (exact) mass is 238 g/mol. The molecule has 1 heterocycles. The van der Waals surface area contributed by atoms with Gasteiger partial charge in [-0.2, -0.15) is 5.26 Å². The fourth-order valence-electron chi connectivity index (χ4n) is 1.49. The number of hydrogen-bond acceptors (Lipinski definition) is 4. The molecule has 0 atom stereocenters. The molecule has 86 valence electrons. The maximum absolute atomic E-state index is 8.60. The summed E-state index contributed by atoms with van der Waals surface area (Å²) in [6.07, 6.45) is 0.480. The molecule has 0 unspecified atom stereocenters. The van der Waals surface area contributed by atoms with E-state index in [4.69, 9.17) is 16.9 Å². The van der Waals surface area contributed by atoms with Crippen LogP contribution in [-0.4, -0.2) is 23.1 Å². The van der Waals surface area contributed by atoms with E-state index in [0.717, 1.165) is 17.9 Å². The number of anilines is 1. The van der Waals surface area contributed by atoms with Crippen molar-refractivity contribution in [3.05, 3.63) is 16.5 Å². The molecule has 1 rings (SSSR count). The molecule has 0 spiro atoms. The Morgan fingerprint density at radius 1 is 1.38 bits per heavy atom. The van der Waals surface area contributed by atoms with Crippen LogP contribution >= 0.6 is 11.6 Å². The Bertz CT molecular complexity index is 411. The van der Waals surface area contributed by atoms with E-state index < -0.39 is 0 Å². The summed E-state index contributed by atoms with van der Waals surface area (Å²) in [4.78, 5) is 10.5. The molecule has 1 aromatic heterocycles. The van der Waals surface area contributed by atoms with Gasteiger partial charge in [0.1, 0.15) is 16.8 Å². The van der Waals surface area contributed by atoms with E-state index in [1.165, 1.54) is 0 Å². The molecule has 1 aromatic rings. The quantitative estimate of drug-likeness (QED) is 0.757. The predicted molar refractivity (Wildman–Crippen MR) is 64.6 cm³/mol. The largest absolute Gasteiger partial charge is 0.355 e. The molecule has 0 aliphatic heterocycles. The normalized spacial score (nSPS) is 9.94. The SMILES string of the molecule is CCN(CCC#N)c1nc(C)nc(Cl)c1C. The Kier molecular flexibility index (Phi) is 4.51. The van der Waals surface area contributed by atoms with Gasteiger partial charge in [0.25, 0.3) is 0 Å². The second kappa shape index (κ2) is 5.66. The van der Waals surface area contributed by atoms with E-state index in [1.807, 2.05) is 25.7 Å².